The Labute approximate surface area is 113 Å². The van der Waals surface area contributed by atoms with E-state index in [-0.39, 0.29) is 12.1 Å². The van der Waals surface area contributed by atoms with Crippen molar-refractivity contribution in [1.82, 2.24) is 9.97 Å². The summed E-state index contributed by atoms with van der Waals surface area (Å²) in [4.78, 5) is 8.36. The Kier molecular flexibility index (Phi) is 4.55. The molecule has 2 N–H and O–H groups in total. The van der Waals surface area contributed by atoms with E-state index >= 15 is 0 Å². The monoisotopic (exact) mass is 267 g/mol. The topological polar surface area (TPSA) is 76.5 Å². The summed E-state index contributed by atoms with van der Waals surface area (Å²) in [5, 5.41) is 13.0. The van der Waals surface area contributed by atoms with Crippen LogP contribution in [-0.2, 0) is 4.74 Å². The van der Waals surface area contributed by atoms with Crippen LogP contribution in [0.5, 0.6) is 5.88 Å². The first-order chi connectivity index (χ1) is 9.21. The maximum Gasteiger partial charge on any atom is 0.221 e. The molecule has 0 amide bonds. The van der Waals surface area contributed by atoms with E-state index in [0.29, 0.717) is 25.7 Å². The molecule has 0 aliphatic carbocycles. The number of rotatable bonds is 5. The molecule has 2 heterocycles. The molecule has 0 aromatic carbocycles. The average molecular weight is 267 g/mol. The highest BCUT2D eigenvalue weighted by atomic mass is 16.5. The largest absolute Gasteiger partial charge is 0.478 e. The van der Waals surface area contributed by atoms with E-state index in [2.05, 4.69) is 15.3 Å². The van der Waals surface area contributed by atoms with Gasteiger partial charge in [0.2, 0.25) is 5.88 Å². The SMILES string of the molecule is CCOc1ncnc(NC2(CO)CCOCC2)c1C. The fraction of sp³-hybridized carbons (Fsp3) is 0.692. The van der Waals surface area contributed by atoms with Crippen LogP contribution in [0.1, 0.15) is 25.3 Å². The van der Waals surface area contributed by atoms with Gasteiger partial charge in [-0.3, -0.25) is 0 Å². The fourth-order valence-corrected chi connectivity index (χ4v) is 2.18. The molecule has 1 aromatic heterocycles. The van der Waals surface area contributed by atoms with Crippen LogP contribution in [0.4, 0.5) is 5.82 Å². The number of aliphatic hydroxyl groups excluding tert-OH is 1. The Bertz CT molecular complexity index is 420. The second kappa shape index (κ2) is 6.16. The summed E-state index contributed by atoms with van der Waals surface area (Å²) in [6, 6.07) is 0. The maximum absolute atomic E-state index is 9.67. The number of hydrogen-bond donors (Lipinski definition) is 2. The van der Waals surface area contributed by atoms with Crippen molar-refractivity contribution in [3.05, 3.63) is 11.9 Å². The van der Waals surface area contributed by atoms with E-state index in [1.165, 1.54) is 6.33 Å². The van der Waals surface area contributed by atoms with E-state index in [1.54, 1.807) is 0 Å². The predicted molar refractivity (Wildman–Crippen MR) is 71.4 cm³/mol. The number of nitrogens with zero attached hydrogens (tertiary/aromatic N) is 2. The van der Waals surface area contributed by atoms with Gasteiger partial charge in [0.1, 0.15) is 12.1 Å². The Balaban J connectivity index is 2.19. The van der Waals surface area contributed by atoms with Crippen LogP contribution < -0.4 is 10.1 Å². The third-order valence-corrected chi connectivity index (χ3v) is 3.46. The minimum atomic E-state index is -0.360. The van der Waals surface area contributed by atoms with Gasteiger partial charge in [-0.15, -0.1) is 0 Å². The van der Waals surface area contributed by atoms with Crippen molar-refractivity contribution in [2.45, 2.75) is 32.2 Å². The van der Waals surface area contributed by atoms with Crippen LogP contribution in [-0.4, -0.2) is 47.0 Å². The normalized spacial score (nSPS) is 18.1. The van der Waals surface area contributed by atoms with Gasteiger partial charge in [0, 0.05) is 13.2 Å². The van der Waals surface area contributed by atoms with Gasteiger partial charge in [0.15, 0.2) is 0 Å². The van der Waals surface area contributed by atoms with Crippen LogP contribution in [0.25, 0.3) is 0 Å². The van der Waals surface area contributed by atoms with E-state index in [0.717, 1.165) is 24.2 Å². The predicted octanol–water partition coefficient (Wildman–Crippen LogP) is 1.14. The van der Waals surface area contributed by atoms with E-state index < -0.39 is 0 Å². The van der Waals surface area contributed by atoms with Gasteiger partial charge >= 0.3 is 0 Å². The molecular formula is C13H21N3O3. The summed E-state index contributed by atoms with van der Waals surface area (Å²) in [5.74, 6) is 1.30. The number of anilines is 1. The molecular weight excluding hydrogens is 246 g/mol. The fourth-order valence-electron chi connectivity index (χ4n) is 2.18. The lowest BCUT2D eigenvalue weighted by atomic mass is 9.91. The number of aliphatic hydroxyl groups is 1. The molecule has 0 spiro atoms. The first kappa shape index (κ1) is 14.0. The summed E-state index contributed by atoms with van der Waals surface area (Å²) in [6.07, 6.45) is 3.00. The van der Waals surface area contributed by atoms with Gasteiger partial charge in [-0.2, -0.15) is 0 Å². The standard InChI is InChI=1S/C13H21N3O3/c1-3-19-12-10(2)11(14-9-15-12)16-13(8-17)4-6-18-7-5-13/h9,17H,3-8H2,1-2H3,(H,14,15,16). The van der Waals surface area contributed by atoms with Gasteiger partial charge < -0.3 is 19.9 Å². The molecule has 0 unspecified atom stereocenters. The summed E-state index contributed by atoms with van der Waals surface area (Å²) in [5.41, 5.74) is 0.504. The summed E-state index contributed by atoms with van der Waals surface area (Å²) >= 11 is 0. The lowest BCUT2D eigenvalue weighted by Crippen LogP contribution is -2.47. The molecule has 1 fully saturated rings. The molecule has 1 aliphatic heterocycles. The third kappa shape index (κ3) is 3.13. The van der Waals surface area contributed by atoms with Crippen LogP contribution in [0.3, 0.4) is 0 Å². The second-order valence-electron chi connectivity index (χ2n) is 4.76. The van der Waals surface area contributed by atoms with E-state index in [9.17, 15) is 5.11 Å². The summed E-state index contributed by atoms with van der Waals surface area (Å²) < 4.78 is 10.8. The molecule has 6 heteroatoms. The van der Waals surface area contributed by atoms with Crippen molar-refractivity contribution in [3.63, 3.8) is 0 Å². The van der Waals surface area contributed by atoms with Crippen LogP contribution in [0.15, 0.2) is 6.33 Å². The first-order valence-corrected chi connectivity index (χ1v) is 6.62. The zero-order chi connectivity index (χ0) is 13.7. The van der Waals surface area contributed by atoms with Crippen molar-refractivity contribution in [3.8, 4) is 5.88 Å². The van der Waals surface area contributed by atoms with E-state index in [1.807, 2.05) is 13.8 Å². The lowest BCUT2D eigenvalue weighted by Gasteiger charge is -2.37. The first-order valence-electron chi connectivity index (χ1n) is 6.62. The van der Waals surface area contributed by atoms with Crippen LogP contribution >= 0.6 is 0 Å². The van der Waals surface area contributed by atoms with Gasteiger partial charge in [-0.25, -0.2) is 9.97 Å². The van der Waals surface area contributed by atoms with Gasteiger partial charge in [0.25, 0.3) is 0 Å². The minimum Gasteiger partial charge on any atom is -0.478 e. The minimum absolute atomic E-state index is 0.0593. The molecule has 0 bridgehead atoms. The van der Waals surface area contributed by atoms with Gasteiger partial charge in [-0.1, -0.05) is 0 Å². The zero-order valence-corrected chi connectivity index (χ0v) is 11.5. The molecule has 6 nitrogen and oxygen atoms in total. The second-order valence-corrected chi connectivity index (χ2v) is 4.76. The smallest absolute Gasteiger partial charge is 0.221 e. The number of aromatic nitrogens is 2. The highest BCUT2D eigenvalue weighted by Crippen LogP contribution is 2.28. The molecule has 1 aromatic rings. The van der Waals surface area contributed by atoms with Crippen molar-refractivity contribution in [1.29, 1.82) is 0 Å². The number of nitrogens with one attached hydrogen (secondary N) is 1. The highest BCUT2D eigenvalue weighted by molar-refractivity contribution is 5.49. The van der Waals surface area contributed by atoms with Crippen LogP contribution in [0.2, 0.25) is 0 Å². The van der Waals surface area contributed by atoms with Crippen molar-refractivity contribution < 1.29 is 14.6 Å². The van der Waals surface area contributed by atoms with Crippen molar-refractivity contribution >= 4 is 5.82 Å². The maximum atomic E-state index is 9.67. The molecule has 0 saturated carbocycles. The highest BCUT2D eigenvalue weighted by Gasteiger charge is 2.32. The molecule has 19 heavy (non-hydrogen) atoms. The summed E-state index contributed by atoms with van der Waals surface area (Å²) in [7, 11) is 0. The molecule has 0 radical (unpaired) electrons. The molecule has 0 atom stereocenters. The van der Waals surface area contributed by atoms with Gasteiger partial charge in [-0.05, 0) is 26.7 Å². The molecule has 2 rings (SSSR count). The number of ether oxygens (including phenoxy) is 2. The van der Waals surface area contributed by atoms with Crippen molar-refractivity contribution in [2.24, 2.45) is 0 Å². The van der Waals surface area contributed by atoms with Crippen molar-refractivity contribution in [2.75, 3.05) is 31.7 Å². The molecule has 1 saturated heterocycles. The Morgan fingerprint density at radius 3 is 2.79 bits per heavy atom. The van der Waals surface area contributed by atoms with E-state index in [4.69, 9.17) is 9.47 Å². The zero-order valence-electron chi connectivity index (χ0n) is 11.5. The van der Waals surface area contributed by atoms with Crippen LogP contribution in [0, 0.1) is 6.92 Å². The molecule has 1 aliphatic rings. The molecule has 106 valence electrons. The third-order valence-electron chi connectivity index (χ3n) is 3.46. The Morgan fingerprint density at radius 1 is 1.42 bits per heavy atom. The Hall–Kier alpha value is -1.40. The van der Waals surface area contributed by atoms with Gasteiger partial charge in [0.05, 0.1) is 24.3 Å². The Morgan fingerprint density at radius 2 is 2.16 bits per heavy atom. The quantitative estimate of drug-likeness (QED) is 0.833. The summed E-state index contributed by atoms with van der Waals surface area (Å²) in [6.45, 7) is 5.76. The number of hydrogen-bond acceptors (Lipinski definition) is 6. The average Bonchev–Trinajstić information content (AvgIpc) is 2.45. The lowest BCUT2D eigenvalue weighted by molar-refractivity contribution is 0.0378.